The molecule has 0 atom stereocenters. The lowest BCUT2D eigenvalue weighted by molar-refractivity contribution is -0.137. The van der Waals surface area contributed by atoms with E-state index in [4.69, 9.17) is 5.11 Å². The topological polar surface area (TPSA) is 105 Å². The van der Waals surface area contributed by atoms with Gasteiger partial charge in [-0.25, -0.2) is 9.97 Å². The molecule has 0 saturated carbocycles. The summed E-state index contributed by atoms with van der Waals surface area (Å²) in [6.07, 6.45) is 3.36. The molecule has 0 aliphatic carbocycles. The maximum absolute atomic E-state index is 11.0. The third-order valence-corrected chi connectivity index (χ3v) is 3.90. The van der Waals surface area contributed by atoms with Gasteiger partial charge in [0, 0.05) is 23.3 Å². The first-order valence-corrected chi connectivity index (χ1v) is 7.40. The molecule has 0 aliphatic rings. The molecule has 0 aliphatic heterocycles. The summed E-state index contributed by atoms with van der Waals surface area (Å²) in [6.45, 7) is 1.48. The minimum atomic E-state index is -1.03. The SMILES string of the molecule is Cc1ncc(-c2cc(C#N)c3c(c2)c(Br)nn3CC(=O)O)cn1. The number of hydrogen-bond acceptors (Lipinski definition) is 5. The molecule has 0 radical (unpaired) electrons. The molecule has 2 aromatic heterocycles. The molecule has 0 bridgehead atoms. The van der Waals surface area contributed by atoms with Gasteiger partial charge in [-0.15, -0.1) is 0 Å². The van der Waals surface area contributed by atoms with Crippen LogP contribution < -0.4 is 0 Å². The molecule has 0 amide bonds. The quantitative estimate of drug-likeness (QED) is 0.758. The van der Waals surface area contributed by atoms with Gasteiger partial charge in [-0.1, -0.05) is 0 Å². The third-order valence-electron chi connectivity index (χ3n) is 3.32. The second-order valence-corrected chi connectivity index (χ2v) is 5.64. The highest BCUT2D eigenvalue weighted by Gasteiger charge is 2.16. The molecule has 0 fully saturated rings. The Balaban J connectivity index is 2.25. The van der Waals surface area contributed by atoms with Crippen LogP contribution in [0.15, 0.2) is 29.1 Å². The number of nitriles is 1. The Bertz CT molecular complexity index is 957. The van der Waals surface area contributed by atoms with E-state index < -0.39 is 5.97 Å². The van der Waals surface area contributed by atoms with Crippen LogP contribution in [0, 0.1) is 18.3 Å². The number of aromatic nitrogens is 4. The normalized spacial score (nSPS) is 10.7. The Kier molecular flexibility index (Phi) is 3.80. The number of carboxylic acids is 1. The van der Waals surface area contributed by atoms with Crippen molar-refractivity contribution in [3.8, 4) is 17.2 Å². The van der Waals surface area contributed by atoms with E-state index in [9.17, 15) is 10.1 Å². The fourth-order valence-corrected chi connectivity index (χ4v) is 2.81. The van der Waals surface area contributed by atoms with Crippen LogP contribution >= 0.6 is 15.9 Å². The summed E-state index contributed by atoms with van der Waals surface area (Å²) < 4.78 is 1.79. The van der Waals surface area contributed by atoms with Crippen molar-refractivity contribution in [2.75, 3.05) is 0 Å². The predicted octanol–water partition coefficient (Wildman–Crippen LogP) is 2.52. The van der Waals surface area contributed by atoms with Crippen LogP contribution in [0.1, 0.15) is 11.4 Å². The van der Waals surface area contributed by atoms with Crippen LogP contribution in [0.5, 0.6) is 0 Å². The van der Waals surface area contributed by atoms with Crippen LogP contribution in [-0.4, -0.2) is 30.8 Å². The third kappa shape index (κ3) is 2.78. The van der Waals surface area contributed by atoms with E-state index in [-0.39, 0.29) is 6.54 Å². The monoisotopic (exact) mass is 371 g/mol. The number of carboxylic acid groups (broad SMARTS) is 1. The Morgan fingerprint density at radius 3 is 2.65 bits per heavy atom. The van der Waals surface area contributed by atoms with E-state index >= 15 is 0 Å². The Labute approximate surface area is 139 Å². The molecule has 8 heteroatoms. The second-order valence-electron chi connectivity index (χ2n) is 4.89. The number of aryl methyl sites for hydroxylation is 1. The zero-order chi connectivity index (χ0) is 16.6. The van der Waals surface area contributed by atoms with Crippen LogP contribution in [0.4, 0.5) is 0 Å². The van der Waals surface area contributed by atoms with Crippen molar-refractivity contribution >= 4 is 32.8 Å². The average Bonchev–Trinajstić information content (AvgIpc) is 2.83. The second kappa shape index (κ2) is 5.78. The number of fused-ring (bicyclic) bond motifs is 1. The standard InChI is InChI=1S/C15H10BrN5O2/c1-8-18-5-11(6-19-8)9-2-10(4-17)14-12(3-9)15(16)20-21(14)7-13(22)23/h2-3,5-6H,7H2,1H3,(H,22,23). The number of aliphatic carboxylic acids is 1. The molecule has 1 N–H and O–H groups in total. The number of hydrogen-bond donors (Lipinski definition) is 1. The van der Waals surface area contributed by atoms with Crippen molar-refractivity contribution in [2.45, 2.75) is 13.5 Å². The Morgan fingerprint density at radius 1 is 1.35 bits per heavy atom. The van der Waals surface area contributed by atoms with E-state index in [1.807, 2.05) is 6.07 Å². The van der Waals surface area contributed by atoms with E-state index in [1.54, 1.807) is 25.4 Å². The molecule has 3 rings (SSSR count). The van der Waals surface area contributed by atoms with Gasteiger partial charge in [0.2, 0.25) is 0 Å². The molecule has 0 saturated heterocycles. The van der Waals surface area contributed by atoms with Crippen LogP contribution in [0.25, 0.3) is 22.0 Å². The number of rotatable bonds is 3. The van der Waals surface area contributed by atoms with Crippen LogP contribution in [0.2, 0.25) is 0 Å². The van der Waals surface area contributed by atoms with Gasteiger partial charge in [-0.3, -0.25) is 9.48 Å². The molecular formula is C15H10BrN5O2. The molecule has 3 aromatic rings. The van der Waals surface area contributed by atoms with E-state index in [2.05, 4.69) is 37.1 Å². The van der Waals surface area contributed by atoms with Gasteiger partial charge in [-0.05, 0) is 40.5 Å². The zero-order valence-corrected chi connectivity index (χ0v) is 13.6. The molecule has 114 valence electrons. The highest BCUT2D eigenvalue weighted by atomic mass is 79.9. The Hall–Kier alpha value is -2.79. The van der Waals surface area contributed by atoms with Gasteiger partial charge >= 0.3 is 5.97 Å². The molecule has 2 heterocycles. The summed E-state index contributed by atoms with van der Waals surface area (Å²) in [5, 5.41) is 23.2. The summed E-state index contributed by atoms with van der Waals surface area (Å²) in [5.41, 5.74) is 2.37. The highest BCUT2D eigenvalue weighted by molar-refractivity contribution is 9.10. The van der Waals surface area contributed by atoms with Gasteiger partial charge in [0.25, 0.3) is 0 Å². The summed E-state index contributed by atoms with van der Waals surface area (Å²) >= 11 is 3.32. The fourth-order valence-electron chi connectivity index (χ4n) is 2.32. The maximum atomic E-state index is 11.0. The van der Waals surface area contributed by atoms with Gasteiger partial charge in [-0.2, -0.15) is 10.4 Å². The van der Waals surface area contributed by atoms with Crippen molar-refractivity contribution in [3.63, 3.8) is 0 Å². The summed E-state index contributed by atoms with van der Waals surface area (Å²) in [7, 11) is 0. The van der Waals surface area contributed by atoms with E-state index in [1.165, 1.54) is 4.68 Å². The molecule has 23 heavy (non-hydrogen) atoms. The fraction of sp³-hybridized carbons (Fsp3) is 0.133. The average molecular weight is 372 g/mol. The van der Waals surface area contributed by atoms with Crippen LogP contribution in [-0.2, 0) is 11.3 Å². The first-order chi connectivity index (χ1) is 11.0. The van der Waals surface area contributed by atoms with Crippen molar-refractivity contribution in [1.29, 1.82) is 5.26 Å². The Morgan fingerprint density at radius 2 is 2.04 bits per heavy atom. The van der Waals surface area contributed by atoms with Crippen molar-refractivity contribution < 1.29 is 9.90 Å². The lowest BCUT2D eigenvalue weighted by Crippen LogP contribution is -2.10. The first kappa shape index (κ1) is 15.1. The largest absolute Gasteiger partial charge is 0.480 e. The van der Waals surface area contributed by atoms with E-state index in [0.717, 1.165) is 11.1 Å². The minimum absolute atomic E-state index is 0.316. The minimum Gasteiger partial charge on any atom is -0.480 e. The molecule has 0 unspecified atom stereocenters. The lowest BCUT2D eigenvalue weighted by atomic mass is 10.0. The lowest BCUT2D eigenvalue weighted by Gasteiger charge is -2.05. The van der Waals surface area contributed by atoms with Crippen LogP contribution in [0.3, 0.4) is 0 Å². The summed E-state index contributed by atoms with van der Waals surface area (Å²) in [5.74, 6) is -0.368. The predicted molar refractivity (Wildman–Crippen MR) is 85.5 cm³/mol. The number of benzene rings is 1. The van der Waals surface area contributed by atoms with Crippen molar-refractivity contribution in [2.24, 2.45) is 0 Å². The number of carbonyl (C=O) groups is 1. The summed E-state index contributed by atoms with van der Waals surface area (Å²) in [4.78, 5) is 19.3. The molecule has 1 aromatic carbocycles. The van der Waals surface area contributed by atoms with E-state index in [0.29, 0.717) is 26.9 Å². The summed E-state index contributed by atoms with van der Waals surface area (Å²) in [6, 6.07) is 5.62. The maximum Gasteiger partial charge on any atom is 0.325 e. The number of nitrogens with zero attached hydrogens (tertiary/aromatic N) is 5. The zero-order valence-electron chi connectivity index (χ0n) is 12.0. The van der Waals surface area contributed by atoms with Crippen molar-refractivity contribution in [1.82, 2.24) is 19.7 Å². The van der Waals surface area contributed by atoms with Crippen molar-refractivity contribution in [3.05, 3.63) is 40.5 Å². The van der Waals surface area contributed by atoms with Gasteiger partial charge < -0.3 is 5.11 Å². The van der Waals surface area contributed by atoms with Gasteiger partial charge in [0.05, 0.1) is 11.1 Å². The van der Waals surface area contributed by atoms with Gasteiger partial charge in [0.1, 0.15) is 23.0 Å². The molecular weight excluding hydrogens is 362 g/mol. The van der Waals surface area contributed by atoms with Gasteiger partial charge in [0.15, 0.2) is 0 Å². The highest BCUT2D eigenvalue weighted by Crippen LogP contribution is 2.31. The first-order valence-electron chi connectivity index (χ1n) is 6.60. The number of halogens is 1. The smallest absolute Gasteiger partial charge is 0.325 e. The molecule has 7 nitrogen and oxygen atoms in total. The molecule has 0 spiro atoms.